The summed E-state index contributed by atoms with van der Waals surface area (Å²) >= 11 is 0. The van der Waals surface area contributed by atoms with Gasteiger partial charge in [-0.3, -0.25) is 20.4 Å². The molecule has 1 aromatic carbocycles. The van der Waals surface area contributed by atoms with Crippen molar-refractivity contribution in [2.75, 3.05) is 0 Å². The molecule has 0 heterocycles. The van der Waals surface area contributed by atoms with Gasteiger partial charge in [-0.05, 0) is 93.2 Å². The number of benzene rings is 1. The maximum absolute atomic E-state index is 12.5. The van der Waals surface area contributed by atoms with Gasteiger partial charge in [0.1, 0.15) is 5.75 Å². The van der Waals surface area contributed by atoms with Crippen molar-refractivity contribution in [3.05, 3.63) is 29.8 Å². The third-order valence-corrected chi connectivity index (χ3v) is 6.70. The van der Waals surface area contributed by atoms with Gasteiger partial charge in [0.15, 0.2) is 6.10 Å². The standard InChI is InChI=1S/C22H30N2O3/c1-14-4-3-5-19(6-14)27-15(2)21(26)24-23-20(25)13-22-10-16-7-17(11-22)9-18(8-16)12-22/h3-6,15-18H,7-13H2,1-2H3,(H,23,25)(H,24,26). The van der Waals surface area contributed by atoms with E-state index in [-0.39, 0.29) is 17.2 Å². The highest BCUT2D eigenvalue weighted by Crippen LogP contribution is 2.61. The van der Waals surface area contributed by atoms with E-state index < -0.39 is 6.10 Å². The molecule has 4 aliphatic rings. The number of carbonyl (C=O) groups is 2. The van der Waals surface area contributed by atoms with Crippen LogP contribution in [0.3, 0.4) is 0 Å². The van der Waals surface area contributed by atoms with Crippen molar-refractivity contribution in [2.45, 2.75) is 64.9 Å². The van der Waals surface area contributed by atoms with Gasteiger partial charge in [-0.15, -0.1) is 0 Å². The minimum absolute atomic E-state index is 0.0759. The molecular formula is C22H30N2O3. The second-order valence-corrected chi connectivity index (χ2v) is 9.21. The number of amides is 2. The smallest absolute Gasteiger partial charge is 0.279 e. The Morgan fingerprint density at radius 3 is 2.33 bits per heavy atom. The number of hydrazine groups is 1. The molecule has 0 radical (unpaired) electrons. The normalized spacial score (nSPS) is 32.0. The van der Waals surface area contributed by atoms with Crippen molar-refractivity contribution in [1.82, 2.24) is 10.9 Å². The molecule has 0 aliphatic heterocycles. The number of aryl methyl sites for hydroxylation is 1. The lowest BCUT2D eigenvalue weighted by atomic mass is 9.49. The Balaban J connectivity index is 1.26. The van der Waals surface area contributed by atoms with Crippen LogP contribution in [0.2, 0.25) is 0 Å². The number of hydrogen-bond donors (Lipinski definition) is 2. The molecule has 2 amide bonds. The average Bonchev–Trinajstić information content (AvgIpc) is 2.58. The van der Waals surface area contributed by atoms with Crippen LogP contribution >= 0.6 is 0 Å². The van der Waals surface area contributed by atoms with Crippen molar-refractivity contribution in [1.29, 1.82) is 0 Å². The lowest BCUT2D eigenvalue weighted by Gasteiger charge is -2.56. The molecule has 1 unspecified atom stereocenters. The van der Waals surface area contributed by atoms with E-state index in [0.29, 0.717) is 12.2 Å². The monoisotopic (exact) mass is 370 g/mol. The number of nitrogens with one attached hydrogen (secondary N) is 2. The Morgan fingerprint density at radius 1 is 1.11 bits per heavy atom. The molecule has 4 fully saturated rings. The van der Waals surface area contributed by atoms with Gasteiger partial charge in [-0.2, -0.15) is 0 Å². The molecule has 4 aliphatic carbocycles. The van der Waals surface area contributed by atoms with Crippen LogP contribution in [0.5, 0.6) is 5.75 Å². The lowest BCUT2D eigenvalue weighted by Crippen LogP contribution is -2.51. The van der Waals surface area contributed by atoms with Gasteiger partial charge in [0.25, 0.3) is 5.91 Å². The van der Waals surface area contributed by atoms with Crippen molar-refractivity contribution >= 4 is 11.8 Å². The van der Waals surface area contributed by atoms with Gasteiger partial charge in [-0.1, -0.05) is 12.1 Å². The van der Waals surface area contributed by atoms with E-state index in [1.165, 1.54) is 38.5 Å². The number of carbonyl (C=O) groups excluding carboxylic acids is 2. The molecule has 0 aromatic heterocycles. The molecule has 5 rings (SSSR count). The molecule has 0 saturated heterocycles. The SMILES string of the molecule is Cc1cccc(OC(C)C(=O)NNC(=O)CC23CC4CC(CC(C4)C2)C3)c1. The third kappa shape index (κ3) is 4.12. The minimum atomic E-state index is -0.674. The van der Waals surface area contributed by atoms with Crippen LogP contribution in [-0.2, 0) is 9.59 Å². The zero-order valence-electron chi connectivity index (χ0n) is 16.3. The Kier molecular flexibility index (Phi) is 4.87. The van der Waals surface area contributed by atoms with E-state index in [2.05, 4.69) is 10.9 Å². The van der Waals surface area contributed by atoms with E-state index in [4.69, 9.17) is 4.74 Å². The Hall–Kier alpha value is -2.04. The fraction of sp³-hybridized carbons (Fsp3) is 0.636. The van der Waals surface area contributed by atoms with Gasteiger partial charge in [0.05, 0.1) is 0 Å². The summed E-state index contributed by atoms with van der Waals surface area (Å²) in [5.74, 6) is 2.70. The van der Waals surface area contributed by atoms with Crippen LogP contribution in [0.1, 0.15) is 57.4 Å². The first-order valence-corrected chi connectivity index (χ1v) is 10.2. The summed E-state index contributed by atoms with van der Waals surface area (Å²) in [6.07, 6.45) is 7.52. The molecule has 1 aromatic rings. The predicted octanol–water partition coefficient (Wildman–Crippen LogP) is 3.52. The number of rotatable bonds is 5. The molecule has 27 heavy (non-hydrogen) atoms. The molecule has 2 N–H and O–H groups in total. The average molecular weight is 370 g/mol. The topological polar surface area (TPSA) is 67.4 Å². The van der Waals surface area contributed by atoms with E-state index >= 15 is 0 Å². The van der Waals surface area contributed by atoms with Crippen molar-refractivity contribution in [3.8, 4) is 5.75 Å². The van der Waals surface area contributed by atoms with Crippen LogP contribution in [0, 0.1) is 30.1 Å². The quantitative estimate of drug-likeness (QED) is 0.780. The van der Waals surface area contributed by atoms with E-state index in [0.717, 1.165) is 23.3 Å². The Bertz CT molecular complexity index is 695. The van der Waals surface area contributed by atoms with Crippen LogP contribution < -0.4 is 15.6 Å². The molecule has 146 valence electrons. The first kappa shape index (κ1) is 18.3. The second-order valence-electron chi connectivity index (χ2n) is 9.21. The highest BCUT2D eigenvalue weighted by molar-refractivity contribution is 5.84. The maximum Gasteiger partial charge on any atom is 0.279 e. The fourth-order valence-corrected chi connectivity index (χ4v) is 6.07. The summed E-state index contributed by atoms with van der Waals surface area (Å²) in [7, 11) is 0. The van der Waals surface area contributed by atoms with Crippen LogP contribution in [-0.4, -0.2) is 17.9 Å². The first-order chi connectivity index (χ1) is 12.9. The summed E-state index contributed by atoms with van der Waals surface area (Å²) in [5.41, 5.74) is 6.40. The molecule has 4 saturated carbocycles. The summed E-state index contributed by atoms with van der Waals surface area (Å²) < 4.78 is 5.66. The van der Waals surface area contributed by atoms with Crippen molar-refractivity contribution < 1.29 is 14.3 Å². The Morgan fingerprint density at radius 2 is 1.74 bits per heavy atom. The number of hydrogen-bond acceptors (Lipinski definition) is 3. The van der Waals surface area contributed by atoms with Gasteiger partial charge in [0, 0.05) is 6.42 Å². The molecule has 0 spiro atoms. The van der Waals surface area contributed by atoms with E-state index in [1.54, 1.807) is 6.92 Å². The third-order valence-electron chi connectivity index (χ3n) is 6.70. The highest BCUT2D eigenvalue weighted by atomic mass is 16.5. The van der Waals surface area contributed by atoms with E-state index in [9.17, 15) is 9.59 Å². The van der Waals surface area contributed by atoms with Crippen LogP contribution in [0.4, 0.5) is 0 Å². The largest absolute Gasteiger partial charge is 0.481 e. The van der Waals surface area contributed by atoms with Crippen molar-refractivity contribution in [2.24, 2.45) is 23.2 Å². The zero-order chi connectivity index (χ0) is 19.0. The van der Waals surface area contributed by atoms with Crippen molar-refractivity contribution in [3.63, 3.8) is 0 Å². The Labute approximate surface area is 161 Å². The number of ether oxygens (including phenoxy) is 1. The predicted molar refractivity (Wildman–Crippen MR) is 103 cm³/mol. The molecule has 5 heteroatoms. The fourth-order valence-electron chi connectivity index (χ4n) is 6.07. The summed E-state index contributed by atoms with van der Waals surface area (Å²) in [4.78, 5) is 24.7. The summed E-state index contributed by atoms with van der Waals surface area (Å²) in [6, 6.07) is 7.57. The van der Waals surface area contributed by atoms with Gasteiger partial charge >= 0.3 is 0 Å². The summed E-state index contributed by atoms with van der Waals surface area (Å²) in [5, 5.41) is 0. The second kappa shape index (κ2) is 7.17. The van der Waals surface area contributed by atoms with Gasteiger partial charge < -0.3 is 4.74 Å². The lowest BCUT2D eigenvalue weighted by molar-refractivity contribution is -0.136. The molecular weight excluding hydrogens is 340 g/mol. The van der Waals surface area contributed by atoms with Gasteiger partial charge in [0.2, 0.25) is 5.91 Å². The van der Waals surface area contributed by atoms with E-state index in [1.807, 2.05) is 31.2 Å². The maximum atomic E-state index is 12.5. The van der Waals surface area contributed by atoms with Crippen LogP contribution in [0.25, 0.3) is 0 Å². The summed E-state index contributed by atoms with van der Waals surface area (Å²) in [6.45, 7) is 3.66. The highest BCUT2D eigenvalue weighted by Gasteiger charge is 2.51. The minimum Gasteiger partial charge on any atom is -0.481 e. The molecule has 4 bridgehead atoms. The zero-order valence-corrected chi connectivity index (χ0v) is 16.3. The molecule has 1 atom stereocenters. The van der Waals surface area contributed by atoms with Crippen LogP contribution in [0.15, 0.2) is 24.3 Å². The molecule has 5 nitrogen and oxygen atoms in total. The first-order valence-electron chi connectivity index (χ1n) is 10.2. The van der Waals surface area contributed by atoms with Gasteiger partial charge in [-0.25, -0.2) is 0 Å².